The third-order valence-corrected chi connectivity index (χ3v) is 5.97. The van der Waals surface area contributed by atoms with Crippen LogP contribution < -0.4 is 9.64 Å². The fraction of sp³-hybridized carbons (Fsp3) is 0.520. The summed E-state index contributed by atoms with van der Waals surface area (Å²) in [6, 6.07) is 8.91. The average molecular weight is 449 g/mol. The lowest BCUT2D eigenvalue weighted by atomic mass is 9.94. The molecular weight excluding hydrogens is 417 g/mol. The highest BCUT2D eigenvalue weighted by molar-refractivity contribution is 5.85. The summed E-state index contributed by atoms with van der Waals surface area (Å²) in [6.45, 7) is 5.09. The Morgan fingerprint density at radius 1 is 1.25 bits per heavy atom. The predicted octanol–water partition coefficient (Wildman–Crippen LogP) is 5.94. The number of pyridine rings is 1. The number of aryl methyl sites for hydroxylation is 1. The van der Waals surface area contributed by atoms with E-state index in [-0.39, 0.29) is 24.1 Å². The Balaban J connectivity index is 1.56. The van der Waals surface area contributed by atoms with Crippen molar-refractivity contribution in [2.45, 2.75) is 70.8 Å². The Morgan fingerprint density at radius 3 is 2.69 bits per heavy atom. The van der Waals surface area contributed by atoms with Crippen molar-refractivity contribution in [1.82, 2.24) is 4.98 Å². The molecular formula is C25H31F3N2O2. The van der Waals surface area contributed by atoms with Crippen LogP contribution in [0.1, 0.15) is 63.1 Å². The quantitative estimate of drug-likeness (QED) is 0.427. The zero-order valence-corrected chi connectivity index (χ0v) is 18.7. The van der Waals surface area contributed by atoms with Crippen molar-refractivity contribution in [1.29, 1.82) is 0 Å². The SMILES string of the molecule is CCCCc1nccc(N2CC[C@@H](Oc3ccc(C(C)C(=O)CCC(F)F)cc3)C2)c1F. The molecule has 2 heterocycles. The van der Waals surface area contributed by atoms with Gasteiger partial charge in [-0.15, -0.1) is 0 Å². The maximum Gasteiger partial charge on any atom is 0.239 e. The Kier molecular flexibility index (Phi) is 8.53. The molecule has 174 valence electrons. The molecule has 1 aromatic carbocycles. The number of halogens is 3. The minimum absolute atomic E-state index is 0.0717. The molecule has 2 atom stereocenters. The molecule has 1 saturated heterocycles. The third kappa shape index (κ3) is 6.24. The smallest absolute Gasteiger partial charge is 0.239 e. The summed E-state index contributed by atoms with van der Waals surface area (Å²) in [6.07, 6.45) is 1.92. The standard InChI is InChI=1S/C25H31F3N2O2/c1-3-4-5-21-25(28)22(12-14-29-21)30-15-13-20(16-30)32-19-8-6-18(7-9-19)17(2)23(31)10-11-24(26)27/h6-9,12,14,17,20,24H,3-5,10-11,13,15-16H2,1-2H3/t17?,20-/m1/s1. The zero-order valence-electron chi connectivity index (χ0n) is 18.7. The molecule has 7 heteroatoms. The highest BCUT2D eigenvalue weighted by Crippen LogP contribution is 2.28. The van der Waals surface area contributed by atoms with Crippen molar-refractivity contribution in [3.05, 3.63) is 53.6 Å². The van der Waals surface area contributed by atoms with E-state index in [1.54, 1.807) is 43.5 Å². The largest absolute Gasteiger partial charge is 0.489 e. The van der Waals surface area contributed by atoms with Gasteiger partial charge in [-0.2, -0.15) is 0 Å². The number of alkyl halides is 2. The second-order valence-corrected chi connectivity index (χ2v) is 8.36. The van der Waals surface area contributed by atoms with Crippen molar-refractivity contribution in [2.24, 2.45) is 0 Å². The summed E-state index contributed by atoms with van der Waals surface area (Å²) in [7, 11) is 0. The van der Waals surface area contributed by atoms with Gasteiger partial charge in [0.25, 0.3) is 0 Å². The number of ketones is 1. The average Bonchev–Trinajstić information content (AvgIpc) is 3.25. The van der Waals surface area contributed by atoms with E-state index >= 15 is 0 Å². The fourth-order valence-corrected chi connectivity index (χ4v) is 3.96. The highest BCUT2D eigenvalue weighted by Gasteiger charge is 2.27. The third-order valence-electron chi connectivity index (χ3n) is 5.97. The van der Waals surface area contributed by atoms with Crippen LogP contribution in [0, 0.1) is 5.82 Å². The van der Waals surface area contributed by atoms with E-state index in [0.29, 0.717) is 36.6 Å². The lowest BCUT2D eigenvalue weighted by Crippen LogP contribution is -2.25. The number of hydrogen-bond acceptors (Lipinski definition) is 4. The molecule has 4 nitrogen and oxygen atoms in total. The molecule has 0 radical (unpaired) electrons. The van der Waals surface area contributed by atoms with E-state index in [1.807, 2.05) is 4.90 Å². The highest BCUT2D eigenvalue weighted by atomic mass is 19.3. The van der Waals surface area contributed by atoms with Crippen LogP contribution in [-0.2, 0) is 11.2 Å². The first-order valence-electron chi connectivity index (χ1n) is 11.3. The Morgan fingerprint density at radius 2 is 2.00 bits per heavy atom. The molecule has 1 aromatic heterocycles. The number of carbonyl (C=O) groups excluding carboxylic acids is 1. The molecule has 1 aliphatic heterocycles. The number of hydrogen-bond donors (Lipinski definition) is 0. The first-order chi connectivity index (χ1) is 15.4. The van der Waals surface area contributed by atoms with Crippen LogP contribution in [0.15, 0.2) is 36.5 Å². The maximum atomic E-state index is 14.9. The van der Waals surface area contributed by atoms with E-state index in [0.717, 1.165) is 24.8 Å². The summed E-state index contributed by atoms with van der Waals surface area (Å²) in [4.78, 5) is 18.3. The normalized spacial score (nSPS) is 17.1. The number of carbonyl (C=O) groups is 1. The molecule has 0 saturated carbocycles. The van der Waals surface area contributed by atoms with Crippen LogP contribution in [0.2, 0.25) is 0 Å². The summed E-state index contributed by atoms with van der Waals surface area (Å²) in [5, 5.41) is 0. The number of anilines is 1. The molecule has 2 aromatic rings. The lowest BCUT2D eigenvalue weighted by Gasteiger charge is -2.20. The molecule has 0 aliphatic carbocycles. The topological polar surface area (TPSA) is 42.4 Å². The van der Waals surface area contributed by atoms with Crippen LogP contribution in [0.3, 0.4) is 0 Å². The van der Waals surface area contributed by atoms with Crippen molar-refractivity contribution in [2.75, 3.05) is 18.0 Å². The van der Waals surface area contributed by atoms with Gasteiger partial charge in [0.1, 0.15) is 17.6 Å². The van der Waals surface area contributed by atoms with Crippen LogP contribution >= 0.6 is 0 Å². The molecule has 0 amide bonds. The Labute approximate surface area is 187 Å². The first kappa shape index (κ1) is 24.1. The predicted molar refractivity (Wildman–Crippen MR) is 119 cm³/mol. The first-order valence-corrected chi connectivity index (χ1v) is 11.3. The molecule has 0 N–H and O–H groups in total. The van der Waals surface area contributed by atoms with Gasteiger partial charge in [0, 0.05) is 37.9 Å². The summed E-state index contributed by atoms with van der Waals surface area (Å²) >= 11 is 0. The number of benzene rings is 1. The number of unbranched alkanes of at least 4 members (excludes halogenated alkanes) is 1. The van der Waals surface area contributed by atoms with Crippen LogP contribution in [0.5, 0.6) is 5.75 Å². The number of Topliss-reactive ketones (excluding diaryl/α,β-unsaturated/α-hetero) is 1. The van der Waals surface area contributed by atoms with Crippen molar-refractivity contribution in [3.63, 3.8) is 0 Å². The minimum atomic E-state index is -2.46. The maximum absolute atomic E-state index is 14.9. The van der Waals surface area contributed by atoms with Gasteiger partial charge in [-0.25, -0.2) is 13.2 Å². The summed E-state index contributed by atoms with van der Waals surface area (Å²) in [5.41, 5.74) is 1.87. The fourth-order valence-electron chi connectivity index (χ4n) is 3.96. The van der Waals surface area contributed by atoms with Gasteiger partial charge in [-0.1, -0.05) is 32.4 Å². The zero-order chi connectivity index (χ0) is 23.1. The molecule has 0 spiro atoms. The molecule has 0 bridgehead atoms. The molecule has 1 fully saturated rings. The van der Waals surface area contributed by atoms with Gasteiger partial charge in [0.15, 0.2) is 5.82 Å². The van der Waals surface area contributed by atoms with Gasteiger partial charge in [-0.3, -0.25) is 9.78 Å². The van der Waals surface area contributed by atoms with E-state index < -0.39 is 18.8 Å². The molecule has 1 aliphatic rings. The second kappa shape index (κ2) is 11.3. The molecule has 32 heavy (non-hydrogen) atoms. The summed E-state index contributed by atoms with van der Waals surface area (Å²) < 4.78 is 45.6. The molecule has 1 unspecified atom stereocenters. The van der Waals surface area contributed by atoms with E-state index in [1.165, 1.54) is 0 Å². The van der Waals surface area contributed by atoms with Crippen molar-refractivity contribution >= 4 is 11.5 Å². The molecule has 3 rings (SSSR count). The van der Waals surface area contributed by atoms with Crippen LogP contribution in [0.4, 0.5) is 18.9 Å². The van der Waals surface area contributed by atoms with Gasteiger partial charge in [0.05, 0.1) is 17.9 Å². The van der Waals surface area contributed by atoms with Crippen LogP contribution in [-0.4, -0.2) is 36.4 Å². The number of nitrogens with zero attached hydrogens (tertiary/aromatic N) is 2. The lowest BCUT2D eigenvalue weighted by molar-refractivity contribution is -0.120. The Hall–Kier alpha value is -2.57. The van der Waals surface area contributed by atoms with E-state index in [2.05, 4.69) is 11.9 Å². The van der Waals surface area contributed by atoms with Gasteiger partial charge in [-0.05, 0) is 36.6 Å². The van der Waals surface area contributed by atoms with Crippen molar-refractivity contribution in [3.8, 4) is 5.75 Å². The monoisotopic (exact) mass is 448 g/mol. The van der Waals surface area contributed by atoms with Gasteiger partial charge in [0.2, 0.25) is 6.43 Å². The van der Waals surface area contributed by atoms with Crippen molar-refractivity contribution < 1.29 is 22.7 Å². The minimum Gasteiger partial charge on any atom is -0.489 e. The summed E-state index contributed by atoms with van der Waals surface area (Å²) in [5.74, 6) is -0.187. The number of rotatable bonds is 11. The number of aromatic nitrogens is 1. The number of ether oxygens (including phenoxy) is 1. The van der Waals surface area contributed by atoms with E-state index in [9.17, 15) is 18.0 Å². The van der Waals surface area contributed by atoms with Crippen LogP contribution in [0.25, 0.3) is 0 Å². The van der Waals surface area contributed by atoms with Gasteiger partial charge < -0.3 is 9.64 Å². The Bertz CT molecular complexity index is 889. The van der Waals surface area contributed by atoms with E-state index in [4.69, 9.17) is 4.74 Å². The second-order valence-electron chi connectivity index (χ2n) is 8.36. The van der Waals surface area contributed by atoms with Gasteiger partial charge >= 0.3 is 0 Å².